The van der Waals surface area contributed by atoms with Gasteiger partial charge in [-0.3, -0.25) is 0 Å². The van der Waals surface area contributed by atoms with Gasteiger partial charge in [0.2, 0.25) is 0 Å². The highest BCUT2D eigenvalue weighted by Gasteiger charge is 2.56. The monoisotopic (exact) mass is 527 g/mol. The van der Waals surface area contributed by atoms with Gasteiger partial charge in [-0.1, -0.05) is 134 Å². The van der Waals surface area contributed by atoms with Crippen LogP contribution in [0.5, 0.6) is 0 Å². The van der Waals surface area contributed by atoms with E-state index in [1.165, 1.54) is 33.4 Å². The molecule has 0 saturated carbocycles. The zero-order valence-corrected chi connectivity index (χ0v) is 23.0. The van der Waals surface area contributed by atoms with Gasteiger partial charge < -0.3 is 0 Å². The maximum absolute atomic E-state index is 5.32. The fourth-order valence-corrected chi connectivity index (χ4v) is 7.14. The number of benzene rings is 5. The molecule has 3 nitrogen and oxygen atoms in total. The van der Waals surface area contributed by atoms with Crippen molar-refractivity contribution in [3.05, 3.63) is 162 Å². The van der Waals surface area contributed by atoms with Crippen LogP contribution in [0.25, 0.3) is 33.9 Å². The van der Waals surface area contributed by atoms with E-state index in [4.69, 9.17) is 15.0 Å². The molecule has 2 bridgehead atoms. The molecule has 9 rings (SSSR count). The van der Waals surface area contributed by atoms with Crippen LogP contribution in [0, 0.1) is 0 Å². The maximum Gasteiger partial charge on any atom is 0.163 e. The van der Waals surface area contributed by atoms with Gasteiger partial charge in [-0.05, 0) is 52.3 Å². The van der Waals surface area contributed by atoms with Crippen molar-refractivity contribution < 1.29 is 0 Å². The predicted octanol–water partition coefficient (Wildman–Crippen LogP) is 8.62. The molecule has 3 heteroatoms. The summed E-state index contributed by atoms with van der Waals surface area (Å²) in [5.41, 5.74) is 9.28. The van der Waals surface area contributed by atoms with Crippen molar-refractivity contribution in [2.75, 3.05) is 0 Å². The molecule has 2 atom stereocenters. The number of hydrogen-bond donors (Lipinski definition) is 0. The molecule has 3 aliphatic rings. The minimum Gasteiger partial charge on any atom is -0.212 e. The van der Waals surface area contributed by atoms with Gasteiger partial charge in [0.25, 0.3) is 0 Å². The van der Waals surface area contributed by atoms with E-state index in [0.717, 1.165) is 29.8 Å². The molecule has 0 N–H and O–H groups in total. The van der Waals surface area contributed by atoms with Crippen LogP contribution in [0.3, 0.4) is 0 Å². The predicted molar refractivity (Wildman–Crippen MR) is 165 cm³/mol. The third-order valence-electron chi connectivity index (χ3n) is 9.24. The maximum atomic E-state index is 5.32. The van der Waals surface area contributed by atoms with Crippen LogP contribution in [0.15, 0.2) is 133 Å². The molecule has 0 amide bonds. The second-order valence-electron chi connectivity index (χ2n) is 11.4. The van der Waals surface area contributed by atoms with Gasteiger partial charge in [-0.15, -0.1) is 0 Å². The average molecular weight is 528 g/mol. The molecule has 196 valence electrons. The molecule has 0 fully saturated rings. The number of rotatable bonds is 4. The topological polar surface area (TPSA) is 38.7 Å². The Morgan fingerprint density at radius 2 is 0.951 bits per heavy atom. The molecule has 0 radical (unpaired) electrons. The zero-order valence-electron chi connectivity index (χ0n) is 23.0. The summed E-state index contributed by atoms with van der Waals surface area (Å²) >= 11 is 0. The molecule has 0 spiro atoms. The Hall–Kier alpha value is -4.89. The highest BCUT2D eigenvalue weighted by atomic mass is 15.0. The molecular weight excluding hydrogens is 498 g/mol. The Morgan fingerprint density at radius 1 is 0.439 bits per heavy atom. The van der Waals surface area contributed by atoms with E-state index in [1.54, 1.807) is 0 Å². The molecule has 3 aliphatic carbocycles. The van der Waals surface area contributed by atoms with Crippen molar-refractivity contribution in [2.45, 2.75) is 30.6 Å². The number of nitrogens with zero attached hydrogens (tertiary/aromatic N) is 3. The SMILES string of the molecule is CC12CCC(c3nc(-c4ccccc4)nc(-c4ccccc4)n3)(c3ccccc31)c1cc(-c3ccccc3)ccc12. The van der Waals surface area contributed by atoms with Crippen LogP contribution in [-0.4, -0.2) is 15.0 Å². The lowest BCUT2D eigenvalue weighted by Crippen LogP contribution is -2.49. The summed E-state index contributed by atoms with van der Waals surface area (Å²) < 4.78 is 0. The highest BCUT2D eigenvalue weighted by Crippen LogP contribution is 2.61. The first-order chi connectivity index (χ1) is 20.2. The minimum absolute atomic E-state index is 0.0551. The van der Waals surface area contributed by atoms with Gasteiger partial charge >= 0.3 is 0 Å². The summed E-state index contributed by atoms with van der Waals surface area (Å²) in [6.45, 7) is 2.41. The van der Waals surface area contributed by atoms with Gasteiger partial charge in [-0.2, -0.15) is 0 Å². The van der Waals surface area contributed by atoms with Crippen molar-refractivity contribution in [2.24, 2.45) is 0 Å². The van der Waals surface area contributed by atoms with Gasteiger partial charge in [0.1, 0.15) is 5.82 Å². The first-order valence-electron chi connectivity index (χ1n) is 14.3. The fourth-order valence-electron chi connectivity index (χ4n) is 7.14. The van der Waals surface area contributed by atoms with Crippen molar-refractivity contribution in [1.82, 2.24) is 15.0 Å². The normalized spacial score (nSPS) is 20.3. The standard InChI is InChI=1S/C38H29N3/c1-37-23-24-38(32-20-12-11-19-30(32)37,33-25-29(21-22-31(33)37)26-13-5-2-6-14-26)36-40-34(27-15-7-3-8-16-27)39-35(41-36)28-17-9-4-10-18-28/h2-22,25H,23-24H2,1H3. The summed E-state index contributed by atoms with van der Waals surface area (Å²) in [7, 11) is 0. The first-order valence-corrected chi connectivity index (χ1v) is 14.3. The third-order valence-corrected chi connectivity index (χ3v) is 9.24. The van der Waals surface area contributed by atoms with Gasteiger partial charge in [0.05, 0.1) is 5.41 Å². The Kier molecular flexibility index (Phi) is 5.30. The lowest BCUT2D eigenvalue weighted by Gasteiger charge is -2.53. The number of aromatic nitrogens is 3. The van der Waals surface area contributed by atoms with Crippen LogP contribution >= 0.6 is 0 Å². The van der Waals surface area contributed by atoms with Crippen LogP contribution in [0.2, 0.25) is 0 Å². The van der Waals surface area contributed by atoms with E-state index in [2.05, 4.69) is 104 Å². The van der Waals surface area contributed by atoms with E-state index in [9.17, 15) is 0 Å². The molecule has 41 heavy (non-hydrogen) atoms. The summed E-state index contributed by atoms with van der Waals surface area (Å²) in [5, 5.41) is 0. The molecule has 0 saturated heterocycles. The summed E-state index contributed by atoms with van der Waals surface area (Å²) in [5.74, 6) is 2.24. The van der Waals surface area contributed by atoms with E-state index < -0.39 is 5.41 Å². The molecular formula is C38H29N3. The van der Waals surface area contributed by atoms with E-state index >= 15 is 0 Å². The second-order valence-corrected chi connectivity index (χ2v) is 11.4. The molecule has 1 aromatic heterocycles. The fraction of sp³-hybridized carbons (Fsp3) is 0.132. The number of hydrogen-bond acceptors (Lipinski definition) is 3. The summed E-state index contributed by atoms with van der Waals surface area (Å²) in [4.78, 5) is 15.7. The average Bonchev–Trinajstić information content (AvgIpc) is 3.06. The lowest BCUT2D eigenvalue weighted by atomic mass is 9.49. The first kappa shape index (κ1) is 24.0. The van der Waals surface area contributed by atoms with Crippen molar-refractivity contribution in [1.29, 1.82) is 0 Å². The Morgan fingerprint density at radius 3 is 1.56 bits per heavy atom. The smallest absolute Gasteiger partial charge is 0.163 e. The van der Waals surface area contributed by atoms with Gasteiger partial charge in [0.15, 0.2) is 11.6 Å². The largest absolute Gasteiger partial charge is 0.212 e. The van der Waals surface area contributed by atoms with Crippen LogP contribution < -0.4 is 0 Å². The molecule has 1 heterocycles. The van der Waals surface area contributed by atoms with Gasteiger partial charge in [-0.25, -0.2) is 15.0 Å². The summed E-state index contributed by atoms with van der Waals surface area (Å²) in [6.07, 6.45) is 1.98. The zero-order chi connectivity index (χ0) is 27.4. The van der Waals surface area contributed by atoms with Gasteiger partial charge in [0, 0.05) is 16.5 Å². The highest BCUT2D eigenvalue weighted by molar-refractivity contribution is 5.73. The van der Waals surface area contributed by atoms with E-state index in [-0.39, 0.29) is 5.41 Å². The molecule has 5 aromatic carbocycles. The Labute approximate surface area is 240 Å². The molecule has 6 aromatic rings. The third kappa shape index (κ3) is 3.55. The van der Waals surface area contributed by atoms with E-state index in [0.29, 0.717) is 11.6 Å². The Bertz CT molecular complexity index is 1840. The minimum atomic E-state index is -0.482. The van der Waals surface area contributed by atoms with Crippen molar-refractivity contribution >= 4 is 0 Å². The van der Waals surface area contributed by atoms with Crippen LogP contribution in [-0.2, 0) is 10.8 Å². The number of fused-ring (bicyclic) bond motifs is 1. The van der Waals surface area contributed by atoms with Crippen LogP contribution in [0.4, 0.5) is 0 Å². The van der Waals surface area contributed by atoms with Crippen molar-refractivity contribution in [3.8, 4) is 33.9 Å². The second kappa shape index (κ2) is 9.07. The van der Waals surface area contributed by atoms with Crippen LogP contribution in [0.1, 0.15) is 47.8 Å². The summed E-state index contributed by atoms with van der Waals surface area (Å²) in [6, 6.07) is 47.3. The Balaban J connectivity index is 1.45. The molecule has 0 aliphatic heterocycles. The van der Waals surface area contributed by atoms with E-state index in [1.807, 2.05) is 36.4 Å². The molecule has 2 unspecified atom stereocenters. The lowest BCUT2D eigenvalue weighted by molar-refractivity contribution is 0.334. The van der Waals surface area contributed by atoms with Crippen molar-refractivity contribution in [3.63, 3.8) is 0 Å². The quantitative estimate of drug-likeness (QED) is 0.230.